The number of rotatable bonds is 4. The van der Waals surface area contributed by atoms with Gasteiger partial charge in [-0.25, -0.2) is 0 Å². The van der Waals surface area contributed by atoms with Crippen LogP contribution in [-0.4, -0.2) is 15.7 Å². The number of thiol groups is 1. The summed E-state index contributed by atoms with van der Waals surface area (Å²) in [7, 11) is -2.65. The summed E-state index contributed by atoms with van der Waals surface area (Å²) in [6, 6.07) is 23.5. The lowest BCUT2D eigenvalue weighted by molar-refractivity contribution is 0.625. The van der Waals surface area contributed by atoms with Crippen molar-refractivity contribution in [3.63, 3.8) is 0 Å². The van der Waals surface area contributed by atoms with Gasteiger partial charge in [0.05, 0.1) is 0 Å². The quantitative estimate of drug-likeness (QED) is 0.520. The Morgan fingerprint density at radius 2 is 1.77 bits per heavy atom. The van der Waals surface area contributed by atoms with Crippen molar-refractivity contribution in [2.24, 2.45) is 0 Å². The van der Waals surface area contributed by atoms with E-state index in [0.29, 0.717) is 0 Å². The SMILES string of the molecule is C[C@H](N[SH](C)(=O)C1Cc2c(ccc3ccccc23)C2=C1CCC=C2)c1ccccc1. The van der Waals surface area contributed by atoms with Crippen molar-refractivity contribution in [1.29, 1.82) is 0 Å². The van der Waals surface area contributed by atoms with Gasteiger partial charge in [-0.05, 0) is 64.8 Å². The first-order chi connectivity index (χ1) is 14.5. The second-order valence-electron chi connectivity index (χ2n) is 8.66. The second kappa shape index (κ2) is 7.64. The maximum atomic E-state index is 14.2. The highest BCUT2D eigenvalue weighted by Crippen LogP contribution is 2.43. The van der Waals surface area contributed by atoms with E-state index >= 15 is 0 Å². The average Bonchev–Trinajstić information content (AvgIpc) is 2.78. The molecule has 1 unspecified atom stereocenters. The van der Waals surface area contributed by atoms with Gasteiger partial charge in [0.2, 0.25) is 0 Å². The summed E-state index contributed by atoms with van der Waals surface area (Å²) >= 11 is 0. The molecule has 2 aliphatic rings. The second-order valence-corrected chi connectivity index (χ2v) is 11.5. The van der Waals surface area contributed by atoms with E-state index in [4.69, 9.17) is 0 Å². The molecule has 5 rings (SSSR count). The fourth-order valence-electron chi connectivity index (χ4n) is 5.18. The van der Waals surface area contributed by atoms with Crippen LogP contribution in [0.3, 0.4) is 0 Å². The molecule has 2 nitrogen and oxygen atoms in total. The van der Waals surface area contributed by atoms with E-state index in [2.05, 4.69) is 72.3 Å². The minimum absolute atomic E-state index is 0.0434. The molecule has 0 spiro atoms. The first-order valence-electron chi connectivity index (χ1n) is 10.8. The summed E-state index contributed by atoms with van der Waals surface area (Å²) in [5.74, 6) is 0. The molecule has 0 bridgehead atoms. The van der Waals surface area contributed by atoms with Crippen LogP contribution in [0, 0.1) is 0 Å². The fourth-order valence-corrected chi connectivity index (χ4v) is 7.67. The van der Waals surface area contributed by atoms with E-state index in [0.717, 1.165) is 19.3 Å². The van der Waals surface area contributed by atoms with Crippen molar-refractivity contribution in [2.45, 2.75) is 37.5 Å². The lowest BCUT2D eigenvalue weighted by atomic mass is 9.79. The lowest BCUT2D eigenvalue weighted by Gasteiger charge is -2.40. The van der Waals surface area contributed by atoms with Gasteiger partial charge in [0.25, 0.3) is 0 Å². The predicted molar refractivity (Wildman–Crippen MR) is 130 cm³/mol. The summed E-state index contributed by atoms with van der Waals surface area (Å²) < 4.78 is 17.7. The highest BCUT2D eigenvalue weighted by atomic mass is 32.3. The molecule has 0 saturated heterocycles. The number of hydrogen-bond donors (Lipinski definition) is 2. The van der Waals surface area contributed by atoms with Crippen molar-refractivity contribution in [1.82, 2.24) is 4.72 Å². The van der Waals surface area contributed by atoms with Gasteiger partial charge in [0.1, 0.15) is 0 Å². The fraction of sp³-hybridized carbons (Fsp3) is 0.259. The summed E-state index contributed by atoms with van der Waals surface area (Å²) in [5, 5.41) is 2.60. The van der Waals surface area contributed by atoms with Crippen LogP contribution in [0.25, 0.3) is 16.3 Å². The number of allylic oxidation sites excluding steroid dienone is 3. The summed E-state index contributed by atoms with van der Waals surface area (Å²) in [6.07, 6.45) is 9.36. The summed E-state index contributed by atoms with van der Waals surface area (Å²) in [6.45, 7) is 2.12. The topological polar surface area (TPSA) is 29.1 Å². The van der Waals surface area contributed by atoms with Crippen LogP contribution in [0.15, 0.2) is 84.5 Å². The highest BCUT2D eigenvalue weighted by Gasteiger charge is 2.35. The van der Waals surface area contributed by atoms with Gasteiger partial charge < -0.3 is 0 Å². The molecule has 0 amide bonds. The number of nitrogens with one attached hydrogen (secondary N) is 1. The van der Waals surface area contributed by atoms with Crippen LogP contribution in [0.1, 0.15) is 42.5 Å². The van der Waals surface area contributed by atoms with Gasteiger partial charge in [-0.1, -0.05) is 89.0 Å². The van der Waals surface area contributed by atoms with E-state index < -0.39 is 10.1 Å². The summed E-state index contributed by atoms with van der Waals surface area (Å²) in [5.41, 5.74) is 6.53. The van der Waals surface area contributed by atoms with Crippen LogP contribution in [0.4, 0.5) is 0 Å². The zero-order chi connectivity index (χ0) is 20.7. The predicted octanol–water partition coefficient (Wildman–Crippen LogP) is 5.78. The maximum absolute atomic E-state index is 14.2. The monoisotopic (exact) mass is 415 g/mol. The van der Waals surface area contributed by atoms with Crippen molar-refractivity contribution in [2.75, 3.05) is 6.26 Å². The van der Waals surface area contributed by atoms with Gasteiger partial charge in [-0.3, -0.25) is 8.93 Å². The molecule has 0 radical (unpaired) electrons. The van der Waals surface area contributed by atoms with Gasteiger partial charge in [0.15, 0.2) is 0 Å². The zero-order valence-corrected chi connectivity index (χ0v) is 18.5. The molecule has 2 atom stereocenters. The van der Waals surface area contributed by atoms with Crippen LogP contribution in [0.5, 0.6) is 0 Å². The molecule has 30 heavy (non-hydrogen) atoms. The molecule has 0 aliphatic heterocycles. The van der Waals surface area contributed by atoms with E-state index in [1.165, 1.54) is 38.6 Å². The van der Waals surface area contributed by atoms with Gasteiger partial charge >= 0.3 is 0 Å². The Morgan fingerprint density at radius 3 is 2.60 bits per heavy atom. The van der Waals surface area contributed by atoms with E-state index in [-0.39, 0.29) is 11.3 Å². The molecule has 3 aromatic rings. The Bertz CT molecular complexity index is 1210. The van der Waals surface area contributed by atoms with Gasteiger partial charge in [0, 0.05) is 17.5 Å². The molecule has 1 N–H and O–H groups in total. The molecule has 0 fully saturated rings. The standard InChI is InChI=1S/C27H29NOS/c1-19(20-10-4-3-5-11-20)28-30(2,29)27-18-26-22-13-7-6-12-21(22)16-17-24(26)23-14-8-9-15-25(23)27/h3-8,10-14,16-17,19,27,30H,9,15,18H2,1-2H3,(H,28,29)/t19-,27?/m0/s1. The van der Waals surface area contributed by atoms with E-state index in [1.54, 1.807) is 0 Å². The maximum Gasteiger partial charge on any atom is 0.0497 e. The van der Waals surface area contributed by atoms with Crippen molar-refractivity contribution < 1.29 is 4.21 Å². The Balaban J connectivity index is 1.58. The zero-order valence-electron chi connectivity index (χ0n) is 17.6. The molecule has 0 saturated carbocycles. The number of fused-ring (bicyclic) bond motifs is 4. The largest absolute Gasteiger partial charge is 0.271 e. The highest BCUT2D eigenvalue weighted by molar-refractivity contribution is 8.01. The molecule has 0 aromatic heterocycles. The Kier molecular flexibility index (Phi) is 4.96. The average molecular weight is 416 g/mol. The summed E-state index contributed by atoms with van der Waals surface area (Å²) in [4.78, 5) is 0. The van der Waals surface area contributed by atoms with Gasteiger partial charge in [-0.15, -0.1) is 0 Å². The minimum atomic E-state index is -2.65. The van der Waals surface area contributed by atoms with Crippen molar-refractivity contribution in [3.8, 4) is 0 Å². The first-order valence-corrected chi connectivity index (χ1v) is 13.1. The minimum Gasteiger partial charge on any atom is -0.271 e. The number of hydrogen-bond acceptors (Lipinski definition) is 1. The van der Waals surface area contributed by atoms with Crippen LogP contribution >= 0.6 is 0 Å². The smallest absolute Gasteiger partial charge is 0.0497 e. The van der Waals surface area contributed by atoms with Crippen LogP contribution in [0.2, 0.25) is 0 Å². The molecule has 2 aliphatic carbocycles. The van der Waals surface area contributed by atoms with Crippen LogP contribution < -0.4 is 4.72 Å². The van der Waals surface area contributed by atoms with Crippen molar-refractivity contribution >= 4 is 26.5 Å². The normalized spacial score (nSPS) is 20.0. The van der Waals surface area contributed by atoms with E-state index in [1.807, 2.05) is 24.5 Å². The van der Waals surface area contributed by atoms with Gasteiger partial charge in [-0.2, -0.15) is 0 Å². The molecule has 3 heteroatoms. The third-order valence-electron chi connectivity index (χ3n) is 6.69. The Morgan fingerprint density at radius 1 is 1.00 bits per heavy atom. The lowest BCUT2D eigenvalue weighted by Crippen LogP contribution is -2.45. The van der Waals surface area contributed by atoms with Crippen LogP contribution in [-0.2, 0) is 16.5 Å². The Labute approximate surface area is 180 Å². The molecule has 0 heterocycles. The molecular formula is C27H29NOS. The van der Waals surface area contributed by atoms with Crippen molar-refractivity contribution in [3.05, 3.63) is 101 Å². The molecule has 154 valence electrons. The molecular weight excluding hydrogens is 386 g/mol. The Hall–Kier alpha value is -2.49. The third kappa shape index (κ3) is 3.36. The molecule has 3 aromatic carbocycles. The first kappa shape index (κ1) is 19.5. The third-order valence-corrected chi connectivity index (χ3v) is 9.27. The number of benzene rings is 3. The van der Waals surface area contributed by atoms with E-state index in [9.17, 15) is 4.21 Å².